The van der Waals surface area contributed by atoms with Gasteiger partial charge in [0.25, 0.3) is 0 Å². The Kier molecular flexibility index (Phi) is 2.83. The molecule has 0 aliphatic rings. The zero-order valence-corrected chi connectivity index (χ0v) is 10.1. The highest BCUT2D eigenvalue weighted by atomic mass is 19.1. The molecule has 0 saturated heterocycles. The average Bonchev–Trinajstić information content (AvgIpc) is 2.82. The molecule has 0 bridgehead atoms. The Hall–Kier alpha value is -2.49. The number of rotatable bonds is 3. The van der Waals surface area contributed by atoms with Gasteiger partial charge in [0.2, 0.25) is 0 Å². The second-order valence-corrected chi connectivity index (χ2v) is 4.19. The van der Waals surface area contributed by atoms with Crippen LogP contribution in [0.25, 0.3) is 11.0 Å². The molecule has 3 aromatic rings. The SMILES string of the molecule is Nc1cccc2oc(COc3ccccc3F)cc12. The minimum Gasteiger partial charge on any atom is -0.483 e. The van der Waals surface area contributed by atoms with Crippen molar-refractivity contribution in [2.45, 2.75) is 6.61 Å². The van der Waals surface area contributed by atoms with Crippen molar-refractivity contribution in [3.8, 4) is 5.75 Å². The second-order valence-electron chi connectivity index (χ2n) is 4.19. The highest BCUT2D eigenvalue weighted by Gasteiger charge is 2.08. The first-order valence-corrected chi connectivity index (χ1v) is 5.88. The highest BCUT2D eigenvalue weighted by Crippen LogP contribution is 2.26. The first-order chi connectivity index (χ1) is 9.24. The number of hydrogen-bond donors (Lipinski definition) is 1. The molecule has 2 N–H and O–H groups in total. The third kappa shape index (κ3) is 2.25. The van der Waals surface area contributed by atoms with E-state index in [1.54, 1.807) is 24.3 Å². The zero-order chi connectivity index (χ0) is 13.2. The van der Waals surface area contributed by atoms with E-state index in [-0.39, 0.29) is 12.4 Å². The van der Waals surface area contributed by atoms with Crippen molar-refractivity contribution in [2.75, 3.05) is 5.73 Å². The molecule has 0 unspecified atom stereocenters. The van der Waals surface area contributed by atoms with Gasteiger partial charge < -0.3 is 14.9 Å². The Morgan fingerprint density at radius 2 is 1.95 bits per heavy atom. The summed E-state index contributed by atoms with van der Waals surface area (Å²) in [5, 5.41) is 0.842. The summed E-state index contributed by atoms with van der Waals surface area (Å²) in [5.74, 6) is 0.421. The first-order valence-electron chi connectivity index (χ1n) is 5.88. The summed E-state index contributed by atoms with van der Waals surface area (Å²) < 4.78 is 24.4. The molecular weight excluding hydrogens is 245 g/mol. The van der Waals surface area contributed by atoms with Gasteiger partial charge in [-0.1, -0.05) is 18.2 Å². The van der Waals surface area contributed by atoms with Gasteiger partial charge in [0, 0.05) is 11.1 Å². The van der Waals surface area contributed by atoms with Crippen LogP contribution < -0.4 is 10.5 Å². The van der Waals surface area contributed by atoms with E-state index < -0.39 is 5.82 Å². The van der Waals surface area contributed by atoms with Crippen molar-refractivity contribution in [1.29, 1.82) is 0 Å². The van der Waals surface area contributed by atoms with Crippen molar-refractivity contribution in [2.24, 2.45) is 0 Å². The molecule has 3 rings (SSSR count). The molecule has 0 fully saturated rings. The maximum Gasteiger partial charge on any atom is 0.165 e. The molecule has 96 valence electrons. The smallest absolute Gasteiger partial charge is 0.165 e. The largest absolute Gasteiger partial charge is 0.483 e. The summed E-state index contributed by atoms with van der Waals surface area (Å²) in [4.78, 5) is 0. The summed E-state index contributed by atoms with van der Waals surface area (Å²) >= 11 is 0. The number of furan rings is 1. The minimum absolute atomic E-state index is 0.162. The summed E-state index contributed by atoms with van der Waals surface area (Å²) in [6.07, 6.45) is 0. The Bertz CT molecular complexity index is 721. The van der Waals surface area contributed by atoms with Gasteiger partial charge >= 0.3 is 0 Å². The van der Waals surface area contributed by atoms with Crippen LogP contribution in [-0.4, -0.2) is 0 Å². The van der Waals surface area contributed by atoms with Crippen LogP contribution in [0, 0.1) is 5.82 Å². The van der Waals surface area contributed by atoms with Crippen molar-refractivity contribution in [3.63, 3.8) is 0 Å². The number of nitrogen functional groups attached to an aromatic ring is 1. The molecule has 19 heavy (non-hydrogen) atoms. The molecule has 4 heteroatoms. The number of anilines is 1. The molecule has 1 heterocycles. The molecule has 0 aliphatic carbocycles. The topological polar surface area (TPSA) is 48.4 Å². The molecule has 0 aliphatic heterocycles. The van der Waals surface area contributed by atoms with Crippen LogP contribution in [-0.2, 0) is 6.61 Å². The van der Waals surface area contributed by atoms with Crippen molar-refractivity contribution in [3.05, 3.63) is 60.1 Å². The summed E-state index contributed by atoms with van der Waals surface area (Å²) in [6, 6.07) is 13.5. The molecule has 0 amide bonds. The van der Waals surface area contributed by atoms with E-state index in [1.165, 1.54) is 6.07 Å². The fourth-order valence-corrected chi connectivity index (χ4v) is 1.92. The van der Waals surface area contributed by atoms with Crippen LogP contribution in [0.4, 0.5) is 10.1 Å². The predicted octanol–water partition coefficient (Wildman–Crippen LogP) is 3.73. The normalized spacial score (nSPS) is 10.8. The molecule has 0 radical (unpaired) electrons. The van der Waals surface area contributed by atoms with Crippen LogP contribution in [0.2, 0.25) is 0 Å². The highest BCUT2D eigenvalue weighted by molar-refractivity contribution is 5.89. The lowest BCUT2D eigenvalue weighted by Gasteiger charge is -2.04. The lowest BCUT2D eigenvalue weighted by atomic mass is 10.2. The van der Waals surface area contributed by atoms with Crippen LogP contribution in [0.1, 0.15) is 5.76 Å². The van der Waals surface area contributed by atoms with Crippen LogP contribution >= 0.6 is 0 Å². The molecule has 3 nitrogen and oxygen atoms in total. The third-order valence-electron chi connectivity index (χ3n) is 2.85. The molecule has 1 aromatic heterocycles. The van der Waals surface area contributed by atoms with Gasteiger partial charge in [-0.15, -0.1) is 0 Å². The number of hydrogen-bond acceptors (Lipinski definition) is 3. The van der Waals surface area contributed by atoms with E-state index in [9.17, 15) is 4.39 Å². The Morgan fingerprint density at radius 1 is 1.11 bits per heavy atom. The van der Waals surface area contributed by atoms with E-state index in [0.717, 1.165) is 5.39 Å². The maximum atomic E-state index is 13.4. The van der Waals surface area contributed by atoms with Gasteiger partial charge in [0.1, 0.15) is 18.0 Å². The van der Waals surface area contributed by atoms with E-state index in [0.29, 0.717) is 17.0 Å². The average molecular weight is 257 g/mol. The summed E-state index contributed by atoms with van der Waals surface area (Å²) in [5.41, 5.74) is 7.19. The second kappa shape index (κ2) is 4.65. The Balaban J connectivity index is 1.83. The number of ether oxygens (including phenoxy) is 1. The van der Waals surface area contributed by atoms with Gasteiger partial charge in [-0.2, -0.15) is 0 Å². The van der Waals surface area contributed by atoms with E-state index >= 15 is 0 Å². The standard InChI is InChI=1S/C15H12FNO2/c16-12-4-1-2-6-15(12)18-9-10-8-11-13(17)5-3-7-14(11)19-10/h1-8H,9,17H2. The third-order valence-corrected chi connectivity index (χ3v) is 2.85. The molecule has 0 atom stereocenters. The summed E-state index contributed by atoms with van der Waals surface area (Å²) in [6.45, 7) is 0.162. The van der Waals surface area contributed by atoms with E-state index in [2.05, 4.69) is 0 Å². The fourth-order valence-electron chi connectivity index (χ4n) is 1.92. The molecular formula is C15H12FNO2. The first kappa shape index (κ1) is 11.6. The number of fused-ring (bicyclic) bond motifs is 1. The van der Waals surface area contributed by atoms with Gasteiger partial charge in [-0.05, 0) is 30.3 Å². The Labute approximate surface area is 109 Å². The monoisotopic (exact) mass is 257 g/mol. The van der Waals surface area contributed by atoms with Crippen molar-refractivity contribution in [1.82, 2.24) is 0 Å². The zero-order valence-electron chi connectivity index (χ0n) is 10.1. The minimum atomic E-state index is -0.391. The number of para-hydroxylation sites is 1. The molecule has 0 saturated carbocycles. The summed E-state index contributed by atoms with van der Waals surface area (Å²) in [7, 11) is 0. The lowest BCUT2D eigenvalue weighted by Crippen LogP contribution is -1.95. The fraction of sp³-hybridized carbons (Fsp3) is 0.0667. The van der Waals surface area contributed by atoms with Crippen LogP contribution in [0.5, 0.6) is 5.75 Å². The van der Waals surface area contributed by atoms with Gasteiger partial charge in [0.05, 0.1) is 0 Å². The van der Waals surface area contributed by atoms with Gasteiger partial charge in [0.15, 0.2) is 11.6 Å². The number of nitrogens with two attached hydrogens (primary N) is 1. The maximum absolute atomic E-state index is 13.4. The lowest BCUT2D eigenvalue weighted by molar-refractivity contribution is 0.262. The molecule has 2 aromatic carbocycles. The number of halogens is 1. The Morgan fingerprint density at radius 3 is 2.74 bits per heavy atom. The predicted molar refractivity (Wildman–Crippen MR) is 71.4 cm³/mol. The van der Waals surface area contributed by atoms with Gasteiger partial charge in [-0.25, -0.2) is 4.39 Å². The number of benzene rings is 2. The van der Waals surface area contributed by atoms with Crippen molar-refractivity contribution >= 4 is 16.7 Å². The van der Waals surface area contributed by atoms with Crippen LogP contribution in [0.15, 0.2) is 52.9 Å². The van der Waals surface area contributed by atoms with E-state index in [1.807, 2.05) is 18.2 Å². The molecule has 0 spiro atoms. The quantitative estimate of drug-likeness (QED) is 0.727. The van der Waals surface area contributed by atoms with Crippen LogP contribution in [0.3, 0.4) is 0 Å². The van der Waals surface area contributed by atoms with E-state index in [4.69, 9.17) is 14.9 Å². The van der Waals surface area contributed by atoms with Crippen molar-refractivity contribution < 1.29 is 13.5 Å². The van der Waals surface area contributed by atoms with Gasteiger partial charge in [-0.3, -0.25) is 0 Å².